The third kappa shape index (κ3) is 7.68. The maximum absolute atomic E-state index is 12.2. The highest BCUT2D eigenvalue weighted by molar-refractivity contribution is 5.93. The number of carbonyl (C=O) groups is 1. The topological polar surface area (TPSA) is 59.6 Å². The first-order valence-corrected chi connectivity index (χ1v) is 10.2. The van der Waals surface area contributed by atoms with Crippen LogP contribution in [0.2, 0.25) is 0 Å². The van der Waals surface area contributed by atoms with Crippen molar-refractivity contribution in [2.75, 3.05) is 32.1 Å². The van der Waals surface area contributed by atoms with Crippen LogP contribution in [0.5, 0.6) is 11.5 Å². The largest absolute Gasteiger partial charge is 0.496 e. The van der Waals surface area contributed by atoms with Crippen LogP contribution in [0, 0.1) is 13.8 Å². The van der Waals surface area contributed by atoms with E-state index in [9.17, 15) is 13.6 Å². The third-order valence-electron chi connectivity index (χ3n) is 4.74. The fraction of sp³-hybridized carbons (Fsp3) is 0.375. The minimum atomic E-state index is -2.44. The van der Waals surface area contributed by atoms with E-state index < -0.39 is 13.0 Å². The van der Waals surface area contributed by atoms with Gasteiger partial charge in [0.15, 0.2) is 0 Å². The van der Waals surface area contributed by atoms with Crippen LogP contribution >= 0.6 is 0 Å². The van der Waals surface area contributed by atoms with Gasteiger partial charge in [-0.3, -0.25) is 4.79 Å². The van der Waals surface area contributed by atoms with Gasteiger partial charge in [0.05, 0.1) is 25.9 Å². The van der Waals surface area contributed by atoms with Gasteiger partial charge in [0.2, 0.25) is 5.91 Å². The zero-order chi connectivity index (χ0) is 22.8. The van der Waals surface area contributed by atoms with Gasteiger partial charge in [0.1, 0.15) is 11.5 Å². The number of halogens is 2. The van der Waals surface area contributed by atoms with Crippen molar-refractivity contribution in [1.82, 2.24) is 5.32 Å². The van der Waals surface area contributed by atoms with Crippen LogP contribution in [0.25, 0.3) is 12.2 Å². The van der Waals surface area contributed by atoms with Crippen LogP contribution in [0.4, 0.5) is 14.5 Å². The summed E-state index contributed by atoms with van der Waals surface area (Å²) in [6, 6.07) is 9.58. The fourth-order valence-electron chi connectivity index (χ4n) is 3.01. The number of amides is 1. The minimum Gasteiger partial charge on any atom is -0.496 e. The van der Waals surface area contributed by atoms with Crippen molar-refractivity contribution in [3.05, 3.63) is 52.6 Å². The Morgan fingerprint density at radius 3 is 2.52 bits per heavy atom. The lowest BCUT2D eigenvalue weighted by atomic mass is 10.0. The van der Waals surface area contributed by atoms with Gasteiger partial charge >= 0.3 is 0 Å². The second-order valence-corrected chi connectivity index (χ2v) is 7.08. The molecular formula is C24H30F2N2O3. The standard InChI is InChI=1S/C24H30F2N2O3/c1-5-31-21-9-8-18(6-7-19-12-16(2)17(3)22(14-19)30-4)13-20(21)28-24(29)10-11-27-15-23(25)26/h6-9,12-14,23,27H,5,10-11,15H2,1-4H3,(H,28,29)/b7-6-. The number of nitrogens with one attached hydrogen (secondary N) is 2. The zero-order valence-electron chi connectivity index (χ0n) is 18.4. The Morgan fingerprint density at radius 1 is 1.10 bits per heavy atom. The summed E-state index contributed by atoms with van der Waals surface area (Å²) in [6.07, 6.45) is 1.57. The Morgan fingerprint density at radius 2 is 1.84 bits per heavy atom. The molecule has 0 aliphatic carbocycles. The number of ether oxygens (including phenoxy) is 2. The van der Waals surface area contributed by atoms with Gasteiger partial charge in [-0.15, -0.1) is 0 Å². The molecule has 5 nitrogen and oxygen atoms in total. The second kappa shape index (κ2) is 12.1. The third-order valence-corrected chi connectivity index (χ3v) is 4.74. The van der Waals surface area contributed by atoms with Crippen LogP contribution in [-0.2, 0) is 4.79 Å². The van der Waals surface area contributed by atoms with Gasteiger partial charge in [0.25, 0.3) is 6.43 Å². The molecule has 0 heterocycles. The molecule has 168 valence electrons. The van der Waals surface area contributed by atoms with Gasteiger partial charge in [-0.2, -0.15) is 0 Å². The van der Waals surface area contributed by atoms with E-state index in [1.807, 2.05) is 51.1 Å². The van der Waals surface area contributed by atoms with Gasteiger partial charge in [-0.1, -0.05) is 24.3 Å². The monoisotopic (exact) mass is 432 g/mol. The molecule has 0 saturated heterocycles. The van der Waals surface area contributed by atoms with Crippen molar-refractivity contribution in [2.24, 2.45) is 0 Å². The maximum Gasteiger partial charge on any atom is 0.250 e. The van der Waals surface area contributed by atoms with Crippen molar-refractivity contribution in [1.29, 1.82) is 0 Å². The van der Waals surface area contributed by atoms with E-state index in [2.05, 4.69) is 16.7 Å². The van der Waals surface area contributed by atoms with Crippen LogP contribution in [0.3, 0.4) is 0 Å². The normalized spacial score (nSPS) is 11.2. The van der Waals surface area contributed by atoms with Crippen molar-refractivity contribution >= 4 is 23.7 Å². The fourth-order valence-corrected chi connectivity index (χ4v) is 3.01. The number of rotatable bonds is 11. The van der Waals surface area contributed by atoms with Crippen LogP contribution in [0.1, 0.15) is 35.6 Å². The highest BCUT2D eigenvalue weighted by Crippen LogP contribution is 2.28. The Balaban J connectivity index is 2.14. The Labute approximate surface area is 182 Å². The van der Waals surface area contributed by atoms with Gasteiger partial charge in [-0.05, 0) is 61.2 Å². The predicted octanol–water partition coefficient (Wildman–Crippen LogP) is 5.06. The van der Waals surface area contributed by atoms with E-state index in [4.69, 9.17) is 9.47 Å². The molecule has 2 aromatic carbocycles. The van der Waals surface area contributed by atoms with E-state index >= 15 is 0 Å². The van der Waals surface area contributed by atoms with E-state index in [0.717, 1.165) is 28.0 Å². The van der Waals surface area contributed by atoms with Gasteiger partial charge in [-0.25, -0.2) is 8.78 Å². The predicted molar refractivity (Wildman–Crippen MR) is 121 cm³/mol. The molecule has 1 amide bonds. The lowest BCUT2D eigenvalue weighted by molar-refractivity contribution is -0.116. The molecule has 0 fully saturated rings. The number of aryl methyl sites for hydroxylation is 1. The SMILES string of the molecule is CCOc1ccc(/C=C\c2cc(C)c(C)c(OC)c2)cc1NC(=O)CCNCC(F)F. The molecule has 0 aromatic heterocycles. The van der Waals surface area contributed by atoms with Gasteiger partial charge in [0, 0.05) is 13.0 Å². The summed E-state index contributed by atoms with van der Waals surface area (Å²) in [7, 11) is 1.65. The molecule has 0 radical (unpaired) electrons. The first-order valence-electron chi connectivity index (χ1n) is 10.2. The summed E-state index contributed by atoms with van der Waals surface area (Å²) in [5, 5.41) is 5.36. The second-order valence-electron chi connectivity index (χ2n) is 7.08. The zero-order valence-corrected chi connectivity index (χ0v) is 18.4. The van der Waals surface area contributed by atoms with E-state index in [0.29, 0.717) is 18.0 Å². The van der Waals surface area contributed by atoms with E-state index in [1.54, 1.807) is 13.2 Å². The smallest absolute Gasteiger partial charge is 0.250 e. The molecular weight excluding hydrogens is 402 g/mol. The molecule has 2 aromatic rings. The molecule has 0 bridgehead atoms. The number of benzene rings is 2. The quantitative estimate of drug-likeness (QED) is 0.385. The Kier molecular flexibility index (Phi) is 9.46. The van der Waals surface area contributed by atoms with Crippen molar-refractivity contribution in [3.8, 4) is 11.5 Å². The average molecular weight is 433 g/mol. The first kappa shape index (κ1) is 24.3. The number of methoxy groups -OCH3 is 1. The van der Waals surface area contributed by atoms with E-state index in [-0.39, 0.29) is 18.9 Å². The van der Waals surface area contributed by atoms with E-state index in [1.165, 1.54) is 0 Å². The lowest BCUT2D eigenvalue weighted by Crippen LogP contribution is -2.26. The maximum atomic E-state index is 12.2. The van der Waals surface area contributed by atoms with Crippen molar-refractivity contribution in [2.45, 2.75) is 33.6 Å². The lowest BCUT2D eigenvalue weighted by Gasteiger charge is -2.13. The summed E-state index contributed by atoms with van der Waals surface area (Å²) < 4.78 is 35.4. The molecule has 0 atom stereocenters. The number of anilines is 1. The molecule has 0 saturated carbocycles. The summed E-state index contributed by atoms with van der Waals surface area (Å²) >= 11 is 0. The Hall–Kier alpha value is -2.93. The van der Waals surface area contributed by atoms with Gasteiger partial charge < -0.3 is 20.1 Å². The van der Waals surface area contributed by atoms with Crippen molar-refractivity contribution < 1.29 is 23.0 Å². The average Bonchev–Trinajstić information content (AvgIpc) is 2.73. The number of carbonyl (C=O) groups excluding carboxylic acids is 1. The number of hydrogen-bond donors (Lipinski definition) is 2. The summed E-state index contributed by atoms with van der Waals surface area (Å²) in [5.74, 6) is 1.11. The van der Waals surface area contributed by atoms with Crippen LogP contribution in [-0.4, -0.2) is 39.1 Å². The first-order chi connectivity index (χ1) is 14.8. The van der Waals surface area contributed by atoms with Crippen molar-refractivity contribution in [3.63, 3.8) is 0 Å². The highest BCUT2D eigenvalue weighted by Gasteiger charge is 2.10. The van der Waals surface area contributed by atoms with Crippen LogP contribution in [0.15, 0.2) is 30.3 Å². The summed E-state index contributed by atoms with van der Waals surface area (Å²) in [5.41, 5.74) is 4.67. The summed E-state index contributed by atoms with van der Waals surface area (Å²) in [6.45, 7) is 6.12. The van der Waals surface area contributed by atoms with Crippen LogP contribution < -0.4 is 20.1 Å². The molecule has 2 rings (SSSR count). The molecule has 2 N–H and O–H groups in total. The molecule has 0 aliphatic heterocycles. The summed E-state index contributed by atoms with van der Waals surface area (Å²) in [4.78, 5) is 12.2. The number of alkyl halides is 2. The molecule has 0 unspecified atom stereocenters. The number of hydrogen-bond acceptors (Lipinski definition) is 4. The highest BCUT2D eigenvalue weighted by atomic mass is 19.3. The Bertz CT molecular complexity index is 914. The molecule has 0 spiro atoms. The minimum absolute atomic E-state index is 0.0841. The molecule has 31 heavy (non-hydrogen) atoms. The molecule has 7 heteroatoms. The molecule has 0 aliphatic rings.